The Hall–Kier alpha value is -14.0. The van der Waals surface area contributed by atoms with Crippen molar-refractivity contribution in [3.63, 3.8) is 0 Å². The van der Waals surface area contributed by atoms with E-state index in [2.05, 4.69) is 398 Å². The van der Waals surface area contributed by atoms with Crippen LogP contribution in [0.25, 0.3) is 158 Å². The van der Waals surface area contributed by atoms with Crippen LogP contribution in [0, 0.1) is 0 Å². The number of hydrogen-bond acceptors (Lipinski definition) is 6. The van der Waals surface area contributed by atoms with Crippen LogP contribution < -0.4 is 47.7 Å². The summed E-state index contributed by atoms with van der Waals surface area (Å²) < 4.78 is 6.97. The number of fused-ring (bicyclic) bond motifs is 28. The average Bonchev–Trinajstić information content (AvgIpc) is 1.60. The van der Waals surface area contributed by atoms with Crippen molar-refractivity contribution in [2.45, 2.75) is 0 Å². The Kier molecular flexibility index (Phi) is 19.8. The Morgan fingerprint density at radius 3 is 0.851 bits per heavy atom. The zero-order chi connectivity index (χ0) is 77.7. The Bertz CT molecular complexity index is 7810. The summed E-state index contributed by atoms with van der Waals surface area (Å²) in [6.45, 7) is 0. The number of imidazole rings is 3. The van der Waals surface area contributed by atoms with Crippen molar-refractivity contribution < 1.29 is 11.0 Å². The molecule has 0 saturated carbocycles. The number of hydrogen-bond donors (Lipinski definition) is 0. The summed E-state index contributed by atoms with van der Waals surface area (Å²) in [5.41, 5.74) is 15.0. The molecule has 0 aliphatic carbocycles. The predicted molar refractivity (Wildman–Crippen MR) is 520 cm³/mol. The molecule has 1 unspecified atom stereocenters. The van der Waals surface area contributed by atoms with E-state index in [1.807, 2.05) is 43.0 Å². The molecule has 0 aliphatic rings. The quantitative estimate of drug-likeness (QED) is 0.104. The largest absolute Gasteiger partial charge is 0.412 e. The molecule has 11 nitrogen and oxygen atoms in total. The van der Waals surface area contributed by atoms with Gasteiger partial charge in [-0.3, -0.25) is 28.2 Å². The van der Waals surface area contributed by atoms with Gasteiger partial charge in [-0.1, -0.05) is 291 Å². The maximum Gasteiger partial charge on any atom is 0.146 e. The van der Waals surface area contributed by atoms with E-state index in [-0.39, 0.29) is 24.4 Å². The van der Waals surface area contributed by atoms with Crippen LogP contribution >= 0.6 is 37.3 Å². The highest BCUT2D eigenvalue weighted by Gasteiger charge is 2.26. The summed E-state index contributed by atoms with van der Waals surface area (Å²) in [6.07, 6.45) is 7.56. The van der Waals surface area contributed by atoms with Crippen molar-refractivity contribution in [1.29, 1.82) is 0 Å². The minimum atomic E-state index is -0.893. The molecule has 9 heterocycles. The first-order valence-corrected chi connectivity index (χ1v) is 43.7. The molecule has 25 rings (SSSR count). The van der Waals surface area contributed by atoms with Gasteiger partial charge < -0.3 is 11.0 Å². The summed E-state index contributed by atoms with van der Waals surface area (Å²) in [5.74, 6) is 0. The van der Waals surface area contributed by atoms with Gasteiger partial charge >= 0.3 is 0 Å². The van der Waals surface area contributed by atoms with Gasteiger partial charge in [0.15, 0.2) is 0 Å². The summed E-state index contributed by atoms with van der Waals surface area (Å²) in [5, 5.41) is 29.9. The van der Waals surface area contributed by atoms with Gasteiger partial charge in [0.1, 0.15) is 16.9 Å². The molecule has 0 fully saturated rings. The number of para-hydroxylation sites is 3. The molecule has 4 N–H and O–H groups in total. The highest BCUT2D eigenvalue weighted by molar-refractivity contribution is 7.80. The zero-order valence-corrected chi connectivity index (χ0v) is 68.8. The number of benzene rings is 16. The van der Waals surface area contributed by atoms with Gasteiger partial charge in [-0.2, -0.15) is 13.5 Å². The second-order valence-electron chi connectivity index (χ2n) is 29.9. The van der Waals surface area contributed by atoms with E-state index in [4.69, 9.17) is 15.0 Å². The van der Waals surface area contributed by atoms with Crippen molar-refractivity contribution in [2.24, 2.45) is 0 Å². The molecule has 0 radical (unpaired) electrons. The van der Waals surface area contributed by atoms with Crippen molar-refractivity contribution in [2.75, 3.05) is 0 Å². The van der Waals surface area contributed by atoms with Crippen LogP contribution in [0.2, 0.25) is 0 Å². The van der Waals surface area contributed by atoms with Crippen LogP contribution in [0.1, 0.15) is 0 Å². The lowest BCUT2D eigenvalue weighted by atomic mass is 10.1. The van der Waals surface area contributed by atoms with Crippen LogP contribution in [0.5, 0.6) is 0 Å². The first kappa shape index (κ1) is 75.7. The topological polar surface area (TPSA) is 154 Å². The van der Waals surface area contributed by atoms with Crippen molar-refractivity contribution in [1.82, 2.24) is 43.1 Å². The van der Waals surface area contributed by atoms with Crippen LogP contribution in [-0.2, 0) is 0 Å². The van der Waals surface area contributed by atoms with E-state index in [1.165, 1.54) is 129 Å². The van der Waals surface area contributed by atoms with Crippen LogP contribution in [0.3, 0.4) is 0 Å². The highest BCUT2D eigenvalue weighted by Crippen LogP contribution is 2.42. The summed E-state index contributed by atoms with van der Waals surface area (Å²) in [6, 6.07) is 140. The van der Waals surface area contributed by atoms with Gasteiger partial charge in [0.25, 0.3) is 0 Å². The smallest absolute Gasteiger partial charge is 0.146 e. The van der Waals surface area contributed by atoms with Gasteiger partial charge in [0.05, 0.1) is 60.7 Å². The molecular weight excluding hydrogens is 1560 g/mol. The normalized spacial score (nSPS) is 11.9. The van der Waals surface area contributed by atoms with E-state index in [1.54, 1.807) is 0 Å². The zero-order valence-electron chi connectivity index (χ0n) is 65.1. The maximum atomic E-state index is 5.30. The number of rotatable bonds is 9. The molecule has 1 atom stereocenters. The average molecular weight is 1630 g/mol. The molecule has 0 saturated heterocycles. The number of nitrogens with zero attached hydrogens (tertiary/aromatic N) is 9. The lowest BCUT2D eigenvalue weighted by molar-refractivity contribution is 0.823. The molecule has 0 spiro atoms. The van der Waals surface area contributed by atoms with Gasteiger partial charge in [-0.15, -0.1) is 0 Å². The molecule has 0 amide bonds. The third-order valence-electron chi connectivity index (χ3n) is 23.1. The van der Waals surface area contributed by atoms with E-state index < -0.39 is 23.8 Å². The first-order chi connectivity index (χ1) is 58.5. The Morgan fingerprint density at radius 1 is 0.190 bits per heavy atom. The van der Waals surface area contributed by atoms with Crippen LogP contribution in [0.15, 0.2) is 413 Å². The fourth-order valence-electron chi connectivity index (χ4n) is 17.7. The van der Waals surface area contributed by atoms with E-state index in [0.29, 0.717) is 0 Å². The third kappa shape index (κ3) is 13.2. The maximum absolute atomic E-state index is 5.30. The van der Waals surface area contributed by atoms with E-state index in [9.17, 15) is 0 Å². The Labute approximate surface area is 705 Å². The first-order valence-electron chi connectivity index (χ1n) is 39.7. The molecule has 15 heteroatoms. The van der Waals surface area contributed by atoms with Crippen LogP contribution in [-0.4, -0.2) is 54.1 Å². The summed E-state index contributed by atoms with van der Waals surface area (Å²) in [4.78, 5) is 29.5. The molecule has 25 aromatic rings. The van der Waals surface area contributed by atoms with Gasteiger partial charge in [0, 0.05) is 73.2 Å². The lowest BCUT2D eigenvalue weighted by Crippen LogP contribution is -2.21. The second-order valence-corrected chi connectivity index (χ2v) is 36.6. The summed E-state index contributed by atoms with van der Waals surface area (Å²) in [7, 11) is -2.44. The number of pyridine rings is 6. The molecule has 576 valence electrons. The minimum Gasteiger partial charge on any atom is -0.412 e. The van der Waals surface area contributed by atoms with Crippen molar-refractivity contribution in [3.05, 3.63) is 413 Å². The van der Waals surface area contributed by atoms with Gasteiger partial charge in [-0.25, -0.2) is 15.0 Å². The molecule has 121 heavy (non-hydrogen) atoms. The second kappa shape index (κ2) is 31.7. The molecule has 9 aromatic heterocycles. The standard InChI is InChI=1S/C39H25N2P.C37H23N4P.C30H20N3P.2H2O.H2S/c1-3-11-28-23-30(19-17-26(28)9-1)42(31-20-18-27-10-2-4-12-29(27)24-31)32-21-22-38-36(25-32)40-39-35-15-6-5-13-33(35)34-14-7-8-16-37(34)41(38)39;1-2-11-31-29(9-1)30-10-3-4-12-35(30)41-36-18-17-28(23-34(36)40-37(31)41)42(26-15-13-24-7-5-19-38-32(24)21-26)27-16-14-25-8-6-20-39-33(25)22-27;1-2-9-21(10-3-1)34(23-11-8-18-31-20-23)22-16-17-29-27(19-22)32-30-26-14-5-4-12-24(26)25-13-6-7-15-28(25)33(29)30;;;/h1-25H;1-23H;1-20H;3*1H2. The molecule has 16 aromatic carbocycles. The minimum absolute atomic E-state index is 0. The predicted octanol–water partition coefficient (Wildman–Crippen LogP) is 20.9. The van der Waals surface area contributed by atoms with Crippen molar-refractivity contribution in [3.8, 4) is 0 Å². The fourth-order valence-corrected chi connectivity index (χ4v) is 24.7. The van der Waals surface area contributed by atoms with Crippen LogP contribution in [0.4, 0.5) is 0 Å². The Morgan fingerprint density at radius 2 is 0.471 bits per heavy atom. The third-order valence-corrected chi connectivity index (χ3v) is 30.3. The van der Waals surface area contributed by atoms with Crippen molar-refractivity contribution >= 4 is 243 Å². The molecule has 0 bridgehead atoms. The SMILES string of the molecule is O.O.S.c1ccc(P(c2cccnc2)c2ccc3c(c2)nc2c4ccccc4c4ccccc4n32)cc1.c1ccc2cc(P(c3ccc4ccccc4c3)c3ccc4c(c3)nc3c5ccccc5c5ccccc5n43)ccc2c1.c1cnc2cc(P(c3ccc4cccnc4c3)c3ccc4c(c3)nc3c5ccccc5c5ccccc5n43)ccc2c1. The highest BCUT2D eigenvalue weighted by atomic mass is 32.1. The molecular formula is C106H74N9O2P3S. The van der Waals surface area contributed by atoms with Gasteiger partial charge in [0.2, 0.25) is 0 Å². The monoisotopic (exact) mass is 1630 g/mol. The van der Waals surface area contributed by atoms with Gasteiger partial charge in [-0.05, 0) is 201 Å². The Balaban J connectivity index is 0.000000115. The van der Waals surface area contributed by atoms with E-state index >= 15 is 0 Å². The number of aromatic nitrogens is 9. The molecule has 0 aliphatic heterocycles. The lowest BCUT2D eigenvalue weighted by Gasteiger charge is -2.20. The van der Waals surface area contributed by atoms with E-state index in [0.717, 1.165) is 77.2 Å². The summed E-state index contributed by atoms with van der Waals surface area (Å²) >= 11 is 0. The fraction of sp³-hybridized carbons (Fsp3) is 0.